The van der Waals surface area contributed by atoms with E-state index in [4.69, 9.17) is 11.1 Å². The first-order chi connectivity index (χ1) is 9.11. The normalized spacial score (nSPS) is 9.89. The van der Waals surface area contributed by atoms with Crippen molar-refractivity contribution in [2.45, 2.75) is 0 Å². The summed E-state index contributed by atoms with van der Waals surface area (Å²) in [5.74, 6) is -1.19. The molecule has 0 fully saturated rings. The van der Waals surface area contributed by atoms with Gasteiger partial charge in [0.15, 0.2) is 0 Å². The van der Waals surface area contributed by atoms with Crippen LogP contribution in [0.15, 0.2) is 54.6 Å². The number of benzene rings is 2. The van der Waals surface area contributed by atoms with Crippen LogP contribution in [0.3, 0.4) is 0 Å². The highest BCUT2D eigenvalue weighted by Gasteiger charge is 2.19. The first kappa shape index (κ1) is 12.7. The largest absolute Gasteiger partial charge is 0.366 e. The second-order valence-electron chi connectivity index (χ2n) is 3.98. The number of primary amides is 1. The van der Waals surface area contributed by atoms with Crippen molar-refractivity contribution in [3.8, 4) is 0 Å². The van der Waals surface area contributed by atoms with Gasteiger partial charge in [-0.15, -0.1) is 0 Å². The highest BCUT2D eigenvalue weighted by atomic mass is 16.1. The maximum atomic E-state index is 12.2. The molecule has 0 aliphatic carbocycles. The lowest BCUT2D eigenvalue weighted by molar-refractivity contribution is 0.0987. The predicted molar refractivity (Wildman–Crippen MR) is 72.6 cm³/mol. The Morgan fingerprint density at radius 2 is 1.37 bits per heavy atom. The van der Waals surface area contributed by atoms with Crippen molar-refractivity contribution >= 4 is 17.4 Å². The van der Waals surface area contributed by atoms with Crippen LogP contribution >= 0.6 is 0 Å². The molecule has 0 spiro atoms. The molecular weight excluding hydrogens is 240 g/mol. The smallest absolute Gasteiger partial charge is 0.249 e. The van der Waals surface area contributed by atoms with Gasteiger partial charge in [0.1, 0.15) is 5.71 Å². The van der Waals surface area contributed by atoms with E-state index in [1.165, 1.54) is 12.1 Å². The third kappa shape index (κ3) is 2.57. The van der Waals surface area contributed by atoms with Crippen LogP contribution in [0.4, 0.5) is 0 Å². The van der Waals surface area contributed by atoms with Crippen LogP contribution in [-0.4, -0.2) is 17.4 Å². The monoisotopic (exact) mass is 252 g/mol. The summed E-state index contributed by atoms with van der Waals surface area (Å²) in [5, 5.41) is 7.91. The molecule has 0 radical (unpaired) electrons. The Kier molecular flexibility index (Phi) is 3.52. The molecular formula is C15H12N2O2. The van der Waals surface area contributed by atoms with Gasteiger partial charge in [0.25, 0.3) is 0 Å². The molecule has 0 aromatic heterocycles. The molecule has 3 N–H and O–H groups in total. The summed E-state index contributed by atoms with van der Waals surface area (Å²) in [5.41, 5.74) is 5.87. The van der Waals surface area contributed by atoms with E-state index in [-0.39, 0.29) is 16.8 Å². The molecule has 0 bridgehead atoms. The molecule has 0 aliphatic rings. The van der Waals surface area contributed by atoms with Crippen molar-refractivity contribution in [1.82, 2.24) is 0 Å². The Balaban J connectivity index is 2.41. The third-order valence-electron chi connectivity index (χ3n) is 2.73. The Bertz CT molecular complexity index is 648. The number of amides is 1. The lowest BCUT2D eigenvalue weighted by Gasteiger charge is -2.06. The van der Waals surface area contributed by atoms with Crippen molar-refractivity contribution in [3.05, 3.63) is 71.3 Å². The lowest BCUT2D eigenvalue weighted by atomic mass is 9.96. The summed E-state index contributed by atoms with van der Waals surface area (Å²) in [6.45, 7) is 0. The molecule has 0 unspecified atom stereocenters. The standard InChI is InChI=1S/C15H12N2O2/c16-13(10-6-2-1-3-7-10)14(18)11-8-4-5-9-12(11)15(17)19/h1-9,16H,(H2,17,19). The fraction of sp³-hybridized carbons (Fsp3) is 0. The maximum Gasteiger partial charge on any atom is 0.249 e. The molecule has 1 amide bonds. The second kappa shape index (κ2) is 5.27. The van der Waals surface area contributed by atoms with Crippen molar-refractivity contribution in [3.63, 3.8) is 0 Å². The zero-order valence-corrected chi connectivity index (χ0v) is 10.1. The number of carbonyl (C=O) groups is 2. The molecule has 94 valence electrons. The number of nitrogens with two attached hydrogens (primary N) is 1. The second-order valence-corrected chi connectivity index (χ2v) is 3.98. The van der Waals surface area contributed by atoms with Gasteiger partial charge in [0.05, 0.1) is 5.56 Å². The Morgan fingerprint density at radius 1 is 0.842 bits per heavy atom. The highest BCUT2D eigenvalue weighted by Crippen LogP contribution is 2.12. The number of Topliss-reactive ketones (excluding diaryl/α,β-unsaturated/α-hetero) is 1. The molecule has 4 nitrogen and oxygen atoms in total. The number of ketones is 1. The molecule has 2 rings (SSSR count). The van der Waals surface area contributed by atoms with Crippen LogP contribution in [0.25, 0.3) is 0 Å². The predicted octanol–water partition coefficient (Wildman–Crippen LogP) is 2.04. The average molecular weight is 252 g/mol. The van der Waals surface area contributed by atoms with Gasteiger partial charge in [-0.3, -0.25) is 15.0 Å². The van der Waals surface area contributed by atoms with Crippen molar-refractivity contribution in [2.75, 3.05) is 0 Å². The minimum absolute atomic E-state index is 0.133. The summed E-state index contributed by atoms with van der Waals surface area (Å²) in [6, 6.07) is 14.9. The Hall–Kier alpha value is -2.75. The van der Waals surface area contributed by atoms with Crippen molar-refractivity contribution < 1.29 is 9.59 Å². The molecule has 2 aromatic rings. The van der Waals surface area contributed by atoms with Crippen LogP contribution in [0.1, 0.15) is 26.3 Å². The van der Waals surface area contributed by atoms with Crippen LogP contribution < -0.4 is 5.73 Å². The van der Waals surface area contributed by atoms with Gasteiger partial charge >= 0.3 is 0 Å². The van der Waals surface area contributed by atoms with Crippen molar-refractivity contribution in [2.24, 2.45) is 5.73 Å². The van der Waals surface area contributed by atoms with E-state index in [9.17, 15) is 9.59 Å². The van der Waals surface area contributed by atoms with Gasteiger partial charge in [-0.25, -0.2) is 0 Å². The first-order valence-corrected chi connectivity index (χ1v) is 5.68. The Morgan fingerprint density at radius 3 is 1.95 bits per heavy atom. The van der Waals surface area contributed by atoms with Crippen LogP contribution in [0, 0.1) is 5.41 Å². The van der Waals surface area contributed by atoms with E-state index in [1.807, 2.05) is 0 Å². The molecule has 19 heavy (non-hydrogen) atoms. The number of rotatable bonds is 4. The number of hydrogen-bond acceptors (Lipinski definition) is 3. The van der Waals surface area contributed by atoms with E-state index in [2.05, 4.69) is 0 Å². The minimum atomic E-state index is -0.676. The molecule has 2 aromatic carbocycles. The molecule has 0 saturated heterocycles. The van der Waals surface area contributed by atoms with Gasteiger partial charge in [0, 0.05) is 11.1 Å². The summed E-state index contributed by atoms with van der Waals surface area (Å²) in [4.78, 5) is 23.5. The van der Waals surface area contributed by atoms with Gasteiger partial charge in [0.2, 0.25) is 11.7 Å². The highest BCUT2D eigenvalue weighted by molar-refractivity contribution is 6.51. The summed E-state index contributed by atoms with van der Waals surface area (Å²) in [7, 11) is 0. The Labute approximate surface area is 110 Å². The van der Waals surface area contributed by atoms with Crippen molar-refractivity contribution in [1.29, 1.82) is 5.41 Å². The molecule has 0 aliphatic heterocycles. The number of carbonyl (C=O) groups excluding carboxylic acids is 2. The van der Waals surface area contributed by atoms with E-state index >= 15 is 0 Å². The zero-order valence-electron chi connectivity index (χ0n) is 10.1. The van der Waals surface area contributed by atoms with Crippen LogP contribution in [-0.2, 0) is 0 Å². The summed E-state index contributed by atoms with van der Waals surface area (Å²) >= 11 is 0. The van der Waals surface area contributed by atoms with Gasteiger partial charge in [-0.05, 0) is 6.07 Å². The van der Waals surface area contributed by atoms with E-state index < -0.39 is 11.7 Å². The molecule has 0 heterocycles. The molecule has 0 saturated carbocycles. The van der Waals surface area contributed by atoms with E-state index in [0.717, 1.165) is 0 Å². The average Bonchev–Trinajstić information content (AvgIpc) is 2.46. The lowest BCUT2D eigenvalue weighted by Crippen LogP contribution is -2.21. The number of hydrogen-bond donors (Lipinski definition) is 2. The summed E-state index contributed by atoms with van der Waals surface area (Å²) in [6.07, 6.45) is 0. The quantitative estimate of drug-likeness (QED) is 0.644. The summed E-state index contributed by atoms with van der Waals surface area (Å²) < 4.78 is 0. The maximum absolute atomic E-state index is 12.2. The molecule has 0 atom stereocenters. The minimum Gasteiger partial charge on any atom is -0.366 e. The van der Waals surface area contributed by atoms with Gasteiger partial charge in [-0.1, -0.05) is 48.5 Å². The van der Waals surface area contributed by atoms with Crippen LogP contribution in [0.2, 0.25) is 0 Å². The SMILES string of the molecule is N=C(C(=O)c1ccccc1C(N)=O)c1ccccc1. The van der Waals surface area contributed by atoms with E-state index in [0.29, 0.717) is 5.56 Å². The van der Waals surface area contributed by atoms with Crippen LogP contribution in [0.5, 0.6) is 0 Å². The third-order valence-corrected chi connectivity index (χ3v) is 2.73. The number of nitrogens with one attached hydrogen (secondary N) is 1. The fourth-order valence-electron chi connectivity index (χ4n) is 1.77. The fourth-order valence-corrected chi connectivity index (χ4v) is 1.77. The van der Waals surface area contributed by atoms with E-state index in [1.54, 1.807) is 42.5 Å². The first-order valence-electron chi connectivity index (χ1n) is 5.68. The zero-order chi connectivity index (χ0) is 13.8. The van der Waals surface area contributed by atoms with Gasteiger partial charge < -0.3 is 5.73 Å². The topological polar surface area (TPSA) is 84.0 Å². The van der Waals surface area contributed by atoms with Gasteiger partial charge in [-0.2, -0.15) is 0 Å². The molecule has 4 heteroatoms.